The topological polar surface area (TPSA) is 99.1 Å². The Labute approximate surface area is 178 Å². The van der Waals surface area contributed by atoms with Gasteiger partial charge in [0.1, 0.15) is 16.8 Å². The van der Waals surface area contributed by atoms with E-state index >= 15 is 0 Å². The lowest BCUT2D eigenvalue weighted by molar-refractivity contribution is 0.174. The van der Waals surface area contributed by atoms with E-state index in [2.05, 4.69) is 21.3 Å². The fourth-order valence-electron chi connectivity index (χ4n) is 4.20. The third-order valence-electron chi connectivity index (χ3n) is 5.72. The molecule has 1 saturated heterocycles. The molecule has 30 heavy (non-hydrogen) atoms. The van der Waals surface area contributed by atoms with Gasteiger partial charge in [-0.1, -0.05) is 11.6 Å². The molecule has 1 aliphatic rings. The molecule has 2 aromatic heterocycles. The molecule has 1 aromatic carbocycles. The minimum absolute atomic E-state index is 0.0670. The van der Waals surface area contributed by atoms with Crippen molar-refractivity contribution in [3.05, 3.63) is 51.7 Å². The molecule has 0 unspecified atom stereocenters. The van der Waals surface area contributed by atoms with Crippen LogP contribution >= 0.6 is 11.6 Å². The van der Waals surface area contributed by atoms with Crippen LogP contribution in [0.2, 0.25) is 5.15 Å². The number of anilines is 2. The molecule has 9 heteroatoms. The van der Waals surface area contributed by atoms with E-state index in [-0.39, 0.29) is 29.1 Å². The van der Waals surface area contributed by atoms with Gasteiger partial charge in [-0.05, 0) is 43.7 Å². The van der Waals surface area contributed by atoms with Crippen molar-refractivity contribution in [2.45, 2.75) is 25.4 Å². The molecule has 0 radical (unpaired) electrons. The third-order valence-corrected chi connectivity index (χ3v) is 6.01. The Bertz CT molecular complexity index is 1180. The normalized spacial score (nSPS) is 16.8. The zero-order valence-electron chi connectivity index (χ0n) is 16.7. The molecule has 2 N–H and O–H groups in total. The number of fused-ring (bicyclic) bond motifs is 1. The fraction of sp³-hybridized carbons (Fsp3) is 0.381. The molecule has 1 aliphatic heterocycles. The second-order valence-electron chi connectivity index (χ2n) is 7.47. The van der Waals surface area contributed by atoms with Crippen molar-refractivity contribution in [3.63, 3.8) is 0 Å². The highest BCUT2D eigenvalue weighted by Gasteiger charge is 2.26. The number of nitriles is 1. The Morgan fingerprint density at radius 1 is 1.37 bits per heavy atom. The van der Waals surface area contributed by atoms with Crippen molar-refractivity contribution in [2.24, 2.45) is 7.05 Å². The summed E-state index contributed by atoms with van der Waals surface area (Å²) in [5.74, 6) is 0. The Hall–Kier alpha value is -2.86. The number of likely N-dealkylation sites (tertiary alicyclic amines) is 1. The number of β-amino-alcohol motifs (C(OH)–C–C–N with tert-alkyl or cyclic N) is 1. The quantitative estimate of drug-likeness (QED) is 0.587. The second kappa shape index (κ2) is 8.48. The van der Waals surface area contributed by atoms with Crippen LogP contribution in [0.4, 0.5) is 11.4 Å². The highest BCUT2D eigenvalue weighted by Crippen LogP contribution is 2.27. The number of aryl methyl sites for hydroxylation is 1. The molecule has 156 valence electrons. The summed E-state index contributed by atoms with van der Waals surface area (Å²) in [5, 5.41) is 22.1. The highest BCUT2D eigenvalue weighted by molar-refractivity contribution is 6.31. The summed E-state index contributed by atoms with van der Waals surface area (Å²) in [6.07, 6.45) is 3.61. The molecule has 8 nitrogen and oxygen atoms in total. The maximum absolute atomic E-state index is 12.9. The SMILES string of the molecule is Cn1c(=O)n(C[C@@H]2CCCN2CCO)c2cc(Nc3ccnc(Cl)c3C#N)ccc21. The van der Waals surface area contributed by atoms with Crippen molar-refractivity contribution in [3.8, 4) is 6.07 Å². The van der Waals surface area contributed by atoms with Crippen LogP contribution in [0, 0.1) is 11.3 Å². The summed E-state index contributed by atoms with van der Waals surface area (Å²) in [5.41, 5.74) is 3.18. The maximum atomic E-state index is 12.9. The van der Waals surface area contributed by atoms with Crippen LogP contribution in [-0.2, 0) is 13.6 Å². The summed E-state index contributed by atoms with van der Waals surface area (Å²) in [7, 11) is 1.77. The number of aliphatic hydroxyl groups is 1. The second-order valence-corrected chi connectivity index (χ2v) is 7.83. The lowest BCUT2D eigenvalue weighted by Gasteiger charge is -2.23. The lowest BCUT2D eigenvalue weighted by atomic mass is 10.2. The molecular weight excluding hydrogens is 404 g/mol. The van der Waals surface area contributed by atoms with Crippen LogP contribution in [0.5, 0.6) is 0 Å². The van der Waals surface area contributed by atoms with Gasteiger partial charge in [0.2, 0.25) is 0 Å². The number of hydrogen-bond donors (Lipinski definition) is 2. The van der Waals surface area contributed by atoms with Gasteiger partial charge in [-0.3, -0.25) is 14.0 Å². The number of halogens is 1. The third kappa shape index (κ3) is 3.67. The monoisotopic (exact) mass is 426 g/mol. The van der Waals surface area contributed by atoms with Crippen LogP contribution in [-0.4, -0.2) is 49.9 Å². The molecular formula is C21H23ClN6O2. The molecule has 0 saturated carbocycles. The van der Waals surface area contributed by atoms with Gasteiger partial charge < -0.3 is 10.4 Å². The largest absolute Gasteiger partial charge is 0.395 e. The molecule has 3 aromatic rings. The number of nitrogens with one attached hydrogen (secondary N) is 1. The lowest BCUT2D eigenvalue weighted by Crippen LogP contribution is -2.37. The molecule has 0 bridgehead atoms. The number of imidazole rings is 1. The number of nitrogens with zero attached hydrogens (tertiary/aromatic N) is 5. The number of pyridine rings is 1. The Kier molecular flexibility index (Phi) is 5.77. The van der Waals surface area contributed by atoms with Gasteiger partial charge in [0.15, 0.2) is 0 Å². The van der Waals surface area contributed by atoms with Crippen molar-refractivity contribution in [1.29, 1.82) is 5.26 Å². The van der Waals surface area contributed by atoms with Crippen molar-refractivity contribution >= 4 is 34.0 Å². The van der Waals surface area contributed by atoms with Crippen molar-refractivity contribution in [1.82, 2.24) is 19.0 Å². The van der Waals surface area contributed by atoms with Crippen molar-refractivity contribution < 1.29 is 5.11 Å². The van der Waals surface area contributed by atoms with Gasteiger partial charge in [-0.2, -0.15) is 5.26 Å². The number of aromatic nitrogens is 3. The summed E-state index contributed by atoms with van der Waals surface area (Å²) in [6, 6.07) is 9.66. The Balaban J connectivity index is 1.71. The molecule has 1 atom stereocenters. The van der Waals surface area contributed by atoms with Crippen LogP contribution in [0.15, 0.2) is 35.3 Å². The molecule has 1 fully saturated rings. The first-order chi connectivity index (χ1) is 14.5. The van der Waals surface area contributed by atoms with E-state index in [1.54, 1.807) is 28.4 Å². The van der Waals surface area contributed by atoms with Gasteiger partial charge >= 0.3 is 5.69 Å². The summed E-state index contributed by atoms with van der Waals surface area (Å²) >= 11 is 6.03. The zero-order valence-corrected chi connectivity index (χ0v) is 17.4. The molecule has 0 spiro atoms. The predicted molar refractivity (Wildman–Crippen MR) is 116 cm³/mol. The van der Waals surface area contributed by atoms with Gasteiger partial charge in [0.05, 0.1) is 23.3 Å². The van der Waals surface area contributed by atoms with E-state index in [9.17, 15) is 15.2 Å². The summed E-state index contributed by atoms with van der Waals surface area (Å²) in [4.78, 5) is 19.1. The average molecular weight is 427 g/mol. The summed E-state index contributed by atoms with van der Waals surface area (Å²) < 4.78 is 3.44. The molecule has 4 rings (SSSR count). The van der Waals surface area contributed by atoms with Crippen LogP contribution in [0.1, 0.15) is 18.4 Å². The predicted octanol–water partition coefficient (Wildman–Crippen LogP) is 2.46. The minimum Gasteiger partial charge on any atom is -0.395 e. The maximum Gasteiger partial charge on any atom is 0.328 e. The van der Waals surface area contributed by atoms with E-state index in [0.717, 1.165) is 36.1 Å². The van der Waals surface area contributed by atoms with Gasteiger partial charge in [-0.25, -0.2) is 9.78 Å². The van der Waals surface area contributed by atoms with Crippen LogP contribution in [0.3, 0.4) is 0 Å². The number of aliphatic hydroxyl groups excluding tert-OH is 1. The minimum atomic E-state index is -0.0670. The molecule has 3 heterocycles. The van der Waals surface area contributed by atoms with Crippen LogP contribution in [0.25, 0.3) is 11.0 Å². The standard InChI is InChI=1S/C21H23ClN6O2/c1-26-18-5-4-14(25-17-6-7-24-20(22)16(17)12-23)11-19(18)28(21(26)30)13-15-3-2-8-27(15)9-10-29/h4-7,11,15,29H,2-3,8-10,13H2,1H3,(H,24,25)/t15-/m0/s1. The Morgan fingerprint density at radius 3 is 2.97 bits per heavy atom. The first kappa shape index (κ1) is 20.4. The van der Waals surface area contributed by atoms with Gasteiger partial charge in [0.25, 0.3) is 0 Å². The highest BCUT2D eigenvalue weighted by atomic mass is 35.5. The smallest absolute Gasteiger partial charge is 0.328 e. The first-order valence-corrected chi connectivity index (χ1v) is 10.3. The Morgan fingerprint density at radius 2 is 2.20 bits per heavy atom. The molecule has 0 aliphatic carbocycles. The van der Waals surface area contributed by atoms with E-state index in [4.69, 9.17) is 11.6 Å². The first-order valence-electron chi connectivity index (χ1n) is 9.89. The van der Waals surface area contributed by atoms with Gasteiger partial charge in [0, 0.05) is 38.1 Å². The van der Waals surface area contributed by atoms with E-state index in [1.165, 1.54) is 0 Å². The number of rotatable bonds is 6. The van der Waals surface area contributed by atoms with Crippen LogP contribution < -0.4 is 11.0 Å². The average Bonchev–Trinajstić information content (AvgIpc) is 3.27. The number of hydrogen-bond acceptors (Lipinski definition) is 6. The number of benzene rings is 1. The zero-order chi connectivity index (χ0) is 21.3. The van der Waals surface area contributed by atoms with E-state index < -0.39 is 0 Å². The summed E-state index contributed by atoms with van der Waals surface area (Å²) in [6.45, 7) is 2.25. The fourth-order valence-corrected chi connectivity index (χ4v) is 4.40. The van der Waals surface area contributed by atoms with Gasteiger partial charge in [-0.15, -0.1) is 0 Å². The van der Waals surface area contributed by atoms with Crippen molar-refractivity contribution in [2.75, 3.05) is 25.0 Å². The van der Waals surface area contributed by atoms with E-state index in [1.807, 2.05) is 18.2 Å². The molecule has 0 amide bonds. The van der Waals surface area contributed by atoms with E-state index in [0.29, 0.717) is 18.8 Å².